The largest absolute Gasteiger partial charge is 0.486 e. The maximum atomic E-state index is 13.0. The molecule has 3 aromatic rings. The number of ether oxygens (including phenoxy) is 2. The second kappa shape index (κ2) is 9.91. The summed E-state index contributed by atoms with van der Waals surface area (Å²) in [6.07, 6.45) is 0.832. The Balaban J connectivity index is 1.26. The highest BCUT2D eigenvalue weighted by molar-refractivity contribution is 7.92. The molecule has 1 aliphatic heterocycles. The standard InChI is InChI=1S/C24H23FN2O5S/c25-19-4-8-21(9-5-19)33(29,30)27-20-6-1-17(2-7-20)16-24(28)26-12-11-18-3-10-22-23(15-18)32-14-13-31-22/h1-10,15,27H,11-14,16H2,(H,26,28). The number of rotatable bonds is 8. The van der Waals surface area contributed by atoms with E-state index in [1.807, 2.05) is 18.2 Å². The summed E-state index contributed by atoms with van der Waals surface area (Å²) in [5.74, 6) is 0.813. The summed E-state index contributed by atoms with van der Waals surface area (Å²) in [6.45, 7) is 1.55. The summed E-state index contributed by atoms with van der Waals surface area (Å²) in [5.41, 5.74) is 2.14. The molecule has 3 aromatic carbocycles. The van der Waals surface area contributed by atoms with Crippen molar-refractivity contribution in [2.75, 3.05) is 24.5 Å². The van der Waals surface area contributed by atoms with E-state index in [4.69, 9.17) is 9.47 Å². The van der Waals surface area contributed by atoms with Crippen molar-refractivity contribution < 1.29 is 27.1 Å². The lowest BCUT2D eigenvalue weighted by Gasteiger charge is -2.18. The molecule has 2 N–H and O–H groups in total. The predicted molar refractivity (Wildman–Crippen MR) is 122 cm³/mol. The molecule has 1 amide bonds. The quantitative estimate of drug-likeness (QED) is 0.527. The Morgan fingerprint density at radius 3 is 2.27 bits per heavy atom. The van der Waals surface area contributed by atoms with E-state index in [1.165, 1.54) is 12.1 Å². The summed E-state index contributed by atoms with van der Waals surface area (Å²) in [4.78, 5) is 12.2. The summed E-state index contributed by atoms with van der Waals surface area (Å²) in [5, 5.41) is 2.89. The van der Waals surface area contributed by atoms with E-state index < -0.39 is 15.8 Å². The molecule has 1 heterocycles. The molecule has 9 heteroatoms. The van der Waals surface area contributed by atoms with Crippen LogP contribution in [0.4, 0.5) is 10.1 Å². The number of hydrogen-bond acceptors (Lipinski definition) is 5. The van der Waals surface area contributed by atoms with E-state index in [-0.39, 0.29) is 17.2 Å². The molecule has 0 unspecified atom stereocenters. The molecule has 7 nitrogen and oxygen atoms in total. The van der Waals surface area contributed by atoms with E-state index >= 15 is 0 Å². The van der Waals surface area contributed by atoms with E-state index in [0.29, 0.717) is 31.9 Å². The summed E-state index contributed by atoms with van der Waals surface area (Å²) >= 11 is 0. The third kappa shape index (κ3) is 6.01. The molecule has 0 saturated heterocycles. The third-order valence-electron chi connectivity index (χ3n) is 5.04. The van der Waals surface area contributed by atoms with Crippen molar-refractivity contribution in [1.29, 1.82) is 0 Å². The van der Waals surface area contributed by atoms with Gasteiger partial charge in [0.15, 0.2) is 11.5 Å². The van der Waals surface area contributed by atoms with Gasteiger partial charge in [-0.15, -0.1) is 0 Å². The average molecular weight is 471 g/mol. The van der Waals surface area contributed by atoms with Crippen LogP contribution in [-0.2, 0) is 27.7 Å². The van der Waals surface area contributed by atoms with Gasteiger partial charge in [0.2, 0.25) is 5.91 Å². The number of nitrogens with one attached hydrogen (secondary N) is 2. The average Bonchev–Trinajstić information content (AvgIpc) is 2.80. The van der Waals surface area contributed by atoms with Crippen molar-refractivity contribution >= 4 is 21.6 Å². The molecule has 0 atom stereocenters. The van der Waals surface area contributed by atoms with E-state index in [2.05, 4.69) is 10.0 Å². The van der Waals surface area contributed by atoms with Crippen molar-refractivity contribution in [1.82, 2.24) is 5.32 Å². The second-order valence-electron chi connectivity index (χ2n) is 7.51. The van der Waals surface area contributed by atoms with Crippen LogP contribution in [0.2, 0.25) is 0 Å². The first-order valence-corrected chi connectivity index (χ1v) is 11.9. The number of anilines is 1. The number of carbonyl (C=O) groups excluding carboxylic acids is 1. The maximum Gasteiger partial charge on any atom is 0.261 e. The fourth-order valence-electron chi connectivity index (χ4n) is 3.36. The lowest BCUT2D eigenvalue weighted by Crippen LogP contribution is -2.27. The van der Waals surface area contributed by atoms with Gasteiger partial charge in [-0.05, 0) is 66.1 Å². The number of sulfonamides is 1. The number of fused-ring (bicyclic) bond motifs is 1. The first kappa shape index (κ1) is 22.6. The Morgan fingerprint density at radius 2 is 1.55 bits per heavy atom. The molecule has 4 rings (SSSR count). The van der Waals surface area contributed by atoms with Crippen molar-refractivity contribution in [3.63, 3.8) is 0 Å². The molecule has 33 heavy (non-hydrogen) atoms. The zero-order chi connectivity index (χ0) is 23.3. The molecule has 0 bridgehead atoms. The topological polar surface area (TPSA) is 93.7 Å². The second-order valence-corrected chi connectivity index (χ2v) is 9.19. The number of halogens is 1. The van der Waals surface area contributed by atoms with Gasteiger partial charge in [-0.1, -0.05) is 18.2 Å². The van der Waals surface area contributed by atoms with Gasteiger partial charge < -0.3 is 14.8 Å². The SMILES string of the molecule is O=C(Cc1ccc(NS(=O)(=O)c2ccc(F)cc2)cc1)NCCc1ccc2c(c1)OCCO2. The highest BCUT2D eigenvalue weighted by Crippen LogP contribution is 2.30. The number of amides is 1. The lowest BCUT2D eigenvalue weighted by molar-refractivity contribution is -0.120. The van der Waals surface area contributed by atoms with E-state index in [0.717, 1.165) is 34.8 Å². The van der Waals surface area contributed by atoms with Crippen LogP contribution in [0.3, 0.4) is 0 Å². The van der Waals surface area contributed by atoms with E-state index in [9.17, 15) is 17.6 Å². The minimum absolute atomic E-state index is 0.0367. The normalized spacial score (nSPS) is 12.8. The lowest BCUT2D eigenvalue weighted by atomic mass is 10.1. The van der Waals surface area contributed by atoms with Crippen molar-refractivity contribution in [2.24, 2.45) is 0 Å². The smallest absolute Gasteiger partial charge is 0.261 e. The van der Waals surface area contributed by atoms with Crippen LogP contribution in [0.1, 0.15) is 11.1 Å². The van der Waals surface area contributed by atoms with Crippen LogP contribution in [0.25, 0.3) is 0 Å². The maximum absolute atomic E-state index is 13.0. The van der Waals surface area contributed by atoms with Crippen LogP contribution in [0.15, 0.2) is 71.6 Å². The molecule has 0 spiro atoms. The molecule has 0 radical (unpaired) electrons. The molecular formula is C24H23FN2O5S. The number of carbonyl (C=O) groups is 1. The van der Waals surface area contributed by atoms with Crippen molar-refractivity contribution in [3.05, 3.63) is 83.7 Å². The molecule has 0 aliphatic carbocycles. The molecule has 172 valence electrons. The van der Waals surface area contributed by atoms with Crippen LogP contribution in [0.5, 0.6) is 11.5 Å². The molecule has 0 aromatic heterocycles. The van der Waals surface area contributed by atoms with Crippen LogP contribution < -0.4 is 19.5 Å². The van der Waals surface area contributed by atoms with Crippen molar-refractivity contribution in [3.8, 4) is 11.5 Å². The van der Waals surface area contributed by atoms with Gasteiger partial charge in [0.05, 0.1) is 11.3 Å². The Morgan fingerprint density at radius 1 is 0.879 bits per heavy atom. The minimum atomic E-state index is -3.82. The van der Waals surface area contributed by atoms with Crippen LogP contribution >= 0.6 is 0 Å². The van der Waals surface area contributed by atoms with Crippen LogP contribution in [0, 0.1) is 5.82 Å². The van der Waals surface area contributed by atoms with Gasteiger partial charge in [-0.3, -0.25) is 9.52 Å². The summed E-state index contributed by atoms with van der Waals surface area (Å²) in [7, 11) is -3.82. The Kier molecular flexibility index (Phi) is 6.79. The van der Waals surface area contributed by atoms with Gasteiger partial charge >= 0.3 is 0 Å². The number of hydrogen-bond donors (Lipinski definition) is 2. The van der Waals surface area contributed by atoms with Gasteiger partial charge in [-0.2, -0.15) is 0 Å². The predicted octanol–water partition coefficient (Wildman–Crippen LogP) is 3.30. The number of benzene rings is 3. The summed E-state index contributed by atoms with van der Waals surface area (Å²) < 4.78 is 51.3. The molecule has 0 saturated carbocycles. The first-order valence-electron chi connectivity index (χ1n) is 10.4. The van der Waals surface area contributed by atoms with Crippen molar-refractivity contribution in [2.45, 2.75) is 17.7 Å². The molecular weight excluding hydrogens is 447 g/mol. The monoisotopic (exact) mass is 470 g/mol. The minimum Gasteiger partial charge on any atom is -0.486 e. The third-order valence-corrected chi connectivity index (χ3v) is 6.43. The zero-order valence-corrected chi connectivity index (χ0v) is 18.5. The first-order chi connectivity index (χ1) is 15.9. The Bertz CT molecular complexity index is 1230. The van der Waals surface area contributed by atoms with E-state index in [1.54, 1.807) is 24.3 Å². The molecule has 0 fully saturated rings. The highest BCUT2D eigenvalue weighted by Gasteiger charge is 2.15. The Labute approximate surface area is 191 Å². The van der Waals surface area contributed by atoms with Gasteiger partial charge in [0.25, 0.3) is 10.0 Å². The fourth-order valence-corrected chi connectivity index (χ4v) is 4.41. The zero-order valence-electron chi connectivity index (χ0n) is 17.7. The van der Waals surface area contributed by atoms with Gasteiger partial charge in [0, 0.05) is 12.2 Å². The van der Waals surface area contributed by atoms with Gasteiger partial charge in [-0.25, -0.2) is 12.8 Å². The molecule has 1 aliphatic rings. The fraction of sp³-hybridized carbons (Fsp3) is 0.208. The van der Waals surface area contributed by atoms with Crippen LogP contribution in [-0.4, -0.2) is 34.1 Å². The van der Waals surface area contributed by atoms with Gasteiger partial charge in [0.1, 0.15) is 19.0 Å². The Hall–Kier alpha value is -3.59. The summed E-state index contributed by atoms with van der Waals surface area (Å²) in [6, 6.07) is 16.8. The highest BCUT2D eigenvalue weighted by atomic mass is 32.2.